The molecule has 24 heavy (non-hydrogen) atoms. The van der Waals surface area contributed by atoms with E-state index in [4.69, 9.17) is 9.47 Å². The van der Waals surface area contributed by atoms with Gasteiger partial charge in [0, 0.05) is 5.56 Å². The van der Waals surface area contributed by atoms with Gasteiger partial charge in [-0.05, 0) is 42.3 Å². The standard InChI is InChI=1S/C20H23NO3/c1-4-13-23-19-8-6-5-7-18(19)21-20(22)16-9-11-17(12-10-16)24-14-15(2)3/h4-12,15H,1,13-14H2,2-3H3,(H,21,22). The fourth-order valence-electron chi connectivity index (χ4n) is 2.00. The molecule has 2 aromatic carbocycles. The van der Waals surface area contributed by atoms with Crippen molar-refractivity contribution in [2.24, 2.45) is 5.92 Å². The summed E-state index contributed by atoms with van der Waals surface area (Å²) in [6.45, 7) is 8.84. The Hall–Kier alpha value is -2.75. The molecule has 0 aliphatic rings. The van der Waals surface area contributed by atoms with Gasteiger partial charge in [-0.3, -0.25) is 4.79 Å². The van der Waals surface area contributed by atoms with Crippen molar-refractivity contribution < 1.29 is 14.3 Å². The van der Waals surface area contributed by atoms with Crippen LogP contribution >= 0.6 is 0 Å². The minimum absolute atomic E-state index is 0.194. The highest BCUT2D eigenvalue weighted by Gasteiger charge is 2.10. The molecule has 0 fully saturated rings. The first kappa shape index (κ1) is 17.6. The average Bonchev–Trinajstić information content (AvgIpc) is 2.59. The van der Waals surface area contributed by atoms with Crippen LogP contribution in [-0.4, -0.2) is 19.1 Å². The summed E-state index contributed by atoms with van der Waals surface area (Å²) in [6, 6.07) is 14.4. The minimum atomic E-state index is -0.194. The van der Waals surface area contributed by atoms with E-state index in [0.29, 0.717) is 36.1 Å². The van der Waals surface area contributed by atoms with Crippen LogP contribution in [0.2, 0.25) is 0 Å². The zero-order chi connectivity index (χ0) is 17.4. The molecule has 0 atom stereocenters. The van der Waals surface area contributed by atoms with Gasteiger partial charge in [0.15, 0.2) is 0 Å². The van der Waals surface area contributed by atoms with Gasteiger partial charge in [-0.2, -0.15) is 0 Å². The topological polar surface area (TPSA) is 47.6 Å². The second-order valence-electron chi connectivity index (χ2n) is 5.78. The van der Waals surface area contributed by atoms with Crippen molar-refractivity contribution in [1.82, 2.24) is 0 Å². The fourth-order valence-corrected chi connectivity index (χ4v) is 2.00. The Morgan fingerprint density at radius 2 is 1.83 bits per heavy atom. The Bertz CT molecular complexity index is 678. The monoisotopic (exact) mass is 325 g/mol. The summed E-state index contributed by atoms with van der Waals surface area (Å²) in [7, 11) is 0. The smallest absolute Gasteiger partial charge is 0.255 e. The molecule has 0 aromatic heterocycles. The molecule has 2 rings (SSSR count). The molecule has 0 aliphatic heterocycles. The van der Waals surface area contributed by atoms with Crippen molar-refractivity contribution in [1.29, 1.82) is 0 Å². The van der Waals surface area contributed by atoms with Crippen molar-refractivity contribution in [3.8, 4) is 11.5 Å². The zero-order valence-corrected chi connectivity index (χ0v) is 14.1. The molecule has 4 heteroatoms. The fraction of sp³-hybridized carbons (Fsp3) is 0.250. The molecule has 0 radical (unpaired) electrons. The van der Waals surface area contributed by atoms with Gasteiger partial charge >= 0.3 is 0 Å². The lowest BCUT2D eigenvalue weighted by Gasteiger charge is -2.12. The highest BCUT2D eigenvalue weighted by molar-refractivity contribution is 6.05. The first-order valence-corrected chi connectivity index (χ1v) is 7.97. The van der Waals surface area contributed by atoms with E-state index in [-0.39, 0.29) is 5.91 Å². The van der Waals surface area contributed by atoms with Gasteiger partial charge in [-0.25, -0.2) is 0 Å². The normalized spacial score (nSPS) is 10.3. The first-order chi connectivity index (χ1) is 11.6. The van der Waals surface area contributed by atoms with E-state index in [2.05, 4.69) is 25.7 Å². The number of ether oxygens (including phenoxy) is 2. The van der Waals surface area contributed by atoms with E-state index in [0.717, 1.165) is 5.75 Å². The Labute approximate surface area is 143 Å². The van der Waals surface area contributed by atoms with Crippen LogP contribution in [0.4, 0.5) is 5.69 Å². The highest BCUT2D eigenvalue weighted by Crippen LogP contribution is 2.24. The second kappa shape index (κ2) is 8.77. The SMILES string of the molecule is C=CCOc1ccccc1NC(=O)c1ccc(OCC(C)C)cc1. The van der Waals surface area contributed by atoms with Crippen LogP contribution in [0.25, 0.3) is 0 Å². The van der Waals surface area contributed by atoms with Crippen molar-refractivity contribution in [3.63, 3.8) is 0 Å². The minimum Gasteiger partial charge on any atom is -0.493 e. The Balaban J connectivity index is 2.03. The molecular weight excluding hydrogens is 302 g/mol. The molecule has 0 aliphatic carbocycles. The summed E-state index contributed by atoms with van der Waals surface area (Å²) in [6.07, 6.45) is 1.66. The van der Waals surface area contributed by atoms with Gasteiger partial charge in [-0.15, -0.1) is 0 Å². The van der Waals surface area contributed by atoms with Crippen LogP contribution in [-0.2, 0) is 0 Å². The number of benzene rings is 2. The number of hydrogen-bond donors (Lipinski definition) is 1. The van der Waals surface area contributed by atoms with E-state index < -0.39 is 0 Å². The first-order valence-electron chi connectivity index (χ1n) is 7.97. The van der Waals surface area contributed by atoms with Gasteiger partial charge in [-0.1, -0.05) is 38.6 Å². The third-order valence-corrected chi connectivity index (χ3v) is 3.19. The van der Waals surface area contributed by atoms with Gasteiger partial charge in [0.05, 0.1) is 12.3 Å². The van der Waals surface area contributed by atoms with Gasteiger partial charge < -0.3 is 14.8 Å². The highest BCUT2D eigenvalue weighted by atomic mass is 16.5. The number of carbonyl (C=O) groups is 1. The van der Waals surface area contributed by atoms with Crippen molar-refractivity contribution in [2.75, 3.05) is 18.5 Å². The molecule has 0 unspecified atom stereocenters. The van der Waals surface area contributed by atoms with Gasteiger partial charge in [0.1, 0.15) is 18.1 Å². The molecule has 0 saturated heterocycles. The molecule has 2 aromatic rings. The Morgan fingerprint density at radius 3 is 2.50 bits per heavy atom. The van der Waals surface area contributed by atoms with E-state index >= 15 is 0 Å². The molecule has 0 spiro atoms. The summed E-state index contributed by atoms with van der Waals surface area (Å²) < 4.78 is 11.2. The average molecular weight is 325 g/mol. The maximum Gasteiger partial charge on any atom is 0.255 e. The lowest BCUT2D eigenvalue weighted by Crippen LogP contribution is -2.13. The van der Waals surface area contributed by atoms with Crippen LogP contribution in [0.3, 0.4) is 0 Å². The molecule has 0 saturated carbocycles. The summed E-state index contributed by atoms with van der Waals surface area (Å²) in [5.41, 5.74) is 1.19. The number of anilines is 1. The Kier molecular flexibility index (Phi) is 6.43. The van der Waals surface area contributed by atoms with E-state index in [1.165, 1.54) is 0 Å². The van der Waals surface area contributed by atoms with Crippen LogP contribution in [0.15, 0.2) is 61.2 Å². The van der Waals surface area contributed by atoms with Gasteiger partial charge in [0.2, 0.25) is 0 Å². The Morgan fingerprint density at radius 1 is 1.12 bits per heavy atom. The number of rotatable bonds is 8. The third kappa shape index (κ3) is 5.16. The molecule has 0 heterocycles. The summed E-state index contributed by atoms with van der Waals surface area (Å²) in [5, 5.41) is 2.87. The van der Waals surface area contributed by atoms with Crippen LogP contribution in [0, 0.1) is 5.92 Å². The predicted octanol–water partition coefficient (Wildman–Crippen LogP) is 4.54. The van der Waals surface area contributed by atoms with E-state index in [9.17, 15) is 4.79 Å². The lowest BCUT2D eigenvalue weighted by molar-refractivity contribution is 0.102. The molecular formula is C20H23NO3. The lowest BCUT2D eigenvalue weighted by atomic mass is 10.2. The number of hydrogen-bond acceptors (Lipinski definition) is 3. The number of para-hydroxylation sites is 2. The number of nitrogens with one attached hydrogen (secondary N) is 1. The molecule has 1 N–H and O–H groups in total. The largest absolute Gasteiger partial charge is 0.493 e. The second-order valence-corrected chi connectivity index (χ2v) is 5.78. The molecule has 126 valence electrons. The molecule has 1 amide bonds. The maximum absolute atomic E-state index is 12.4. The van der Waals surface area contributed by atoms with Crippen LogP contribution in [0.1, 0.15) is 24.2 Å². The van der Waals surface area contributed by atoms with E-state index in [1.807, 2.05) is 18.2 Å². The van der Waals surface area contributed by atoms with Crippen LogP contribution in [0.5, 0.6) is 11.5 Å². The summed E-state index contributed by atoms with van der Waals surface area (Å²) in [4.78, 5) is 12.4. The molecule has 4 nitrogen and oxygen atoms in total. The summed E-state index contributed by atoms with van der Waals surface area (Å²) >= 11 is 0. The number of amides is 1. The molecule has 0 bridgehead atoms. The van der Waals surface area contributed by atoms with Crippen LogP contribution < -0.4 is 14.8 Å². The maximum atomic E-state index is 12.4. The summed E-state index contributed by atoms with van der Waals surface area (Å²) in [5.74, 6) is 1.64. The zero-order valence-electron chi connectivity index (χ0n) is 14.1. The number of carbonyl (C=O) groups excluding carboxylic acids is 1. The van der Waals surface area contributed by atoms with E-state index in [1.54, 1.807) is 36.4 Å². The quantitative estimate of drug-likeness (QED) is 0.725. The van der Waals surface area contributed by atoms with Crippen molar-refractivity contribution >= 4 is 11.6 Å². The van der Waals surface area contributed by atoms with Crippen molar-refractivity contribution in [3.05, 3.63) is 66.7 Å². The third-order valence-electron chi connectivity index (χ3n) is 3.19. The predicted molar refractivity (Wildman–Crippen MR) is 96.9 cm³/mol. The van der Waals surface area contributed by atoms with Gasteiger partial charge in [0.25, 0.3) is 5.91 Å². The van der Waals surface area contributed by atoms with Crippen molar-refractivity contribution in [2.45, 2.75) is 13.8 Å².